The molecule has 1 heterocycles. The smallest absolute Gasteiger partial charge is 0.145 e. The van der Waals surface area contributed by atoms with Gasteiger partial charge in [0.25, 0.3) is 0 Å². The maximum absolute atomic E-state index is 8.29. The van der Waals surface area contributed by atoms with Crippen LogP contribution in [0.1, 0.15) is 12.8 Å². The number of hydrogen-bond donors (Lipinski definition) is 0. The average Bonchev–Trinajstić information content (AvgIpc) is 2.34. The van der Waals surface area contributed by atoms with Gasteiger partial charge in [0, 0.05) is 0 Å². The molecular formula is C6H6N2O. The second-order valence-corrected chi connectivity index (χ2v) is 1.95. The molecular weight excluding hydrogens is 116 g/mol. The fourth-order valence-corrected chi connectivity index (χ4v) is 0.827. The number of ether oxygens (including phenoxy) is 1. The van der Waals surface area contributed by atoms with E-state index in [0.29, 0.717) is 12.8 Å². The minimum atomic E-state index is -0.338. The van der Waals surface area contributed by atoms with Crippen molar-refractivity contribution in [3.05, 3.63) is 0 Å². The van der Waals surface area contributed by atoms with Gasteiger partial charge in [-0.25, -0.2) is 0 Å². The normalized spacial score (nSPS) is 33.1. The number of rotatable bonds is 0. The molecule has 0 N–H and O–H groups in total. The molecule has 1 rings (SSSR count). The Bertz CT molecular complexity index is 156. The van der Waals surface area contributed by atoms with Crippen LogP contribution >= 0.6 is 0 Å². The predicted octanol–water partition coefficient (Wildman–Crippen LogP) is 0.581. The van der Waals surface area contributed by atoms with Crippen molar-refractivity contribution >= 4 is 0 Å². The van der Waals surface area contributed by atoms with Crippen LogP contribution in [0.25, 0.3) is 0 Å². The van der Waals surface area contributed by atoms with E-state index in [-0.39, 0.29) is 12.2 Å². The summed E-state index contributed by atoms with van der Waals surface area (Å²) in [7, 11) is 0. The van der Waals surface area contributed by atoms with Gasteiger partial charge < -0.3 is 4.74 Å². The summed E-state index contributed by atoms with van der Waals surface area (Å²) < 4.78 is 4.94. The second kappa shape index (κ2) is 2.48. The molecule has 0 aromatic heterocycles. The van der Waals surface area contributed by atoms with E-state index in [0.717, 1.165) is 0 Å². The zero-order valence-electron chi connectivity index (χ0n) is 4.87. The summed E-state index contributed by atoms with van der Waals surface area (Å²) in [5.41, 5.74) is 0. The van der Waals surface area contributed by atoms with Crippen LogP contribution in [0, 0.1) is 22.7 Å². The summed E-state index contributed by atoms with van der Waals surface area (Å²) in [6, 6.07) is 3.91. The molecule has 2 atom stereocenters. The molecule has 0 aliphatic carbocycles. The van der Waals surface area contributed by atoms with Gasteiger partial charge in [-0.1, -0.05) is 0 Å². The van der Waals surface area contributed by atoms with Crippen molar-refractivity contribution in [2.75, 3.05) is 0 Å². The van der Waals surface area contributed by atoms with Gasteiger partial charge in [-0.2, -0.15) is 10.5 Å². The molecule has 0 radical (unpaired) electrons. The molecule has 1 fully saturated rings. The van der Waals surface area contributed by atoms with Crippen molar-refractivity contribution in [2.45, 2.75) is 25.0 Å². The van der Waals surface area contributed by atoms with Crippen LogP contribution in [0.2, 0.25) is 0 Å². The van der Waals surface area contributed by atoms with Gasteiger partial charge >= 0.3 is 0 Å². The lowest BCUT2D eigenvalue weighted by Gasteiger charge is -1.96. The fraction of sp³-hybridized carbons (Fsp3) is 0.667. The summed E-state index contributed by atoms with van der Waals surface area (Å²) in [4.78, 5) is 0. The molecule has 3 nitrogen and oxygen atoms in total. The van der Waals surface area contributed by atoms with Gasteiger partial charge in [0.05, 0.1) is 12.1 Å². The maximum Gasteiger partial charge on any atom is 0.145 e. The topological polar surface area (TPSA) is 56.8 Å². The van der Waals surface area contributed by atoms with Gasteiger partial charge in [0.1, 0.15) is 12.2 Å². The lowest BCUT2D eigenvalue weighted by atomic mass is 10.2. The summed E-state index contributed by atoms with van der Waals surface area (Å²) in [6.07, 6.45) is 0.730. The SMILES string of the molecule is N#C[C@@H]1CC[C@H](C#N)O1. The van der Waals surface area contributed by atoms with E-state index < -0.39 is 0 Å². The first-order valence-corrected chi connectivity index (χ1v) is 2.81. The molecule has 0 aromatic carbocycles. The molecule has 1 saturated heterocycles. The van der Waals surface area contributed by atoms with Crippen molar-refractivity contribution in [3.8, 4) is 12.1 Å². The third-order valence-corrected chi connectivity index (χ3v) is 1.31. The molecule has 0 amide bonds. The largest absolute Gasteiger partial charge is 0.345 e. The van der Waals surface area contributed by atoms with Gasteiger partial charge in [-0.15, -0.1) is 0 Å². The Morgan fingerprint density at radius 2 is 1.56 bits per heavy atom. The van der Waals surface area contributed by atoms with E-state index in [2.05, 4.69) is 0 Å². The summed E-state index contributed by atoms with van der Waals surface area (Å²) in [5, 5.41) is 16.6. The number of hydrogen-bond acceptors (Lipinski definition) is 3. The number of nitrogens with zero attached hydrogens (tertiary/aromatic N) is 2. The standard InChI is InChI=1S/C6H6N2O/c7-3-5-1-2-6(4-8)9-5/h5-6H,1-2H2/t5-,6+. The van der Waals surface area contributed by atoms with Gasteiger partial charge in [-0.05, 0) is 12.8 Å². The summed E-state index contributed by atoms with van der Waals surface area (Å²) in [5.74, 6) is 0. The minimum Gasteiger partial charge on any atom is -0.345 e. The van der Waals surface area contributed by atoms with Crippen molar-refractivity contribution < 1.29 is 4.74 Å². The van der Waals surface area contributed by atoms with Crippen LogP contribution < -0.4 is 0 Å². The van der Waals surface area contributed by atoms with E-state index in [1.807, 2.05) is 12.1 Å². The monoisotopic (exact) mass is 122 g/mol. The van der Waals surface area contributed by atoms with Gasteiger partial charge in [0.15, 0.2) is 0 Å². The zero-order valence-corrected chi connectivity index (χ0v) is 4.87. The molecule has 0 unspecified atom stereocenters. The average molecular weight is 122 g/mol. The van der Waals surface area contributed by atoms with E-state index in [9.17, 15) is 0 Å². The third kappa shape index (κ3) is 1.19. The van der Waals surface area contributed by atoms with Gasteiger partial charge in [-0.3, -0.25) is 0 Å². The van der Waals surface area contributed by atoms with Crippen molar-refractivity contribution in [1.82, 2.24) is 0 Å². The van der Waals surface area contributed by atoms with Crippen molar-refractivity contribution in [1.29, 1.82) is 10.5 Å². The van der Waals surface area contributed by atoms with Crippen LogP contribution in [0.15, 0.2) is 0 Å². The highest BCUT2D eigenvalue weighted by molar-refractivity contribution is 4.97. The maximum atomic E-state index is 8.29. The molecule has 0 spiro atoms. The Balaban J connectivity index is 2.42. The Labute approximate surface area is 53.5 Å². The van der Waals surface area contributed by atoms with Crippen molar-refractivity contribution in [2.24, 2.45) is 0 Å². The predicted molar refractivity (Wildman–Crippen MR) is 29.1 cm³/mol. The van der Waals surface area contributed by atoms with Crippen LogP contribution in [0.3, 0.4) is 0 Å². The van der Waals surface area contributed by atoms with Crippen LogP contribution in [-0.2, 0) is 4.74 Å². The Morgan fingerprint density at radius 1 is 1.11 bits per heavy atom. The van der Waals surface area contributed by atoms with Crippen LogP contribution in [0.5, 0.6) is 0 Å². The lowest BCUT2D eigenvalue weighted by molar-refractivity contribution is 0.109. The van der Waals surface area contributed by atoms with Crippen LogP contribution in [0.4, 0.5) is 0 Å². The lowest BCUT2D eigenvalue weighted by Crippen LogP contribution is -2.05. The molecule has 3 heteroatoms. The molecule has 0 bridgehead atoms. The first-order valence-electron chi connectivity index (χ1n) is 2.81. The van der Waals surface area contributed by atoms with Crippen LogP contribution in [-0.4, -0.2) is 12.2 Å². The quantitative estimate of drug-likeness (QED) is 0.472. The highest BCUT2D eigenvalue weighted by atomic mass is 16.5. The first kappa shape index (κ1) is 6.07. The Hall–Kier alpha value is -1.06. The summed E-state index contributed by atoms with van der Waals surface area (Å²) in [6.45, 7) is 0. The second-order valence-electron chi connectivity index (χ2n) is 1.95. The van der Waals surface area contributed by atoms with E-state index >= 15 is 0 Å². The van der Waals surface area contributed by atoms with E-state index in [4.69, 9.17) is 15.3 Å². The molecule has 1 aliphatic rings. The van der Waals surface area contributed by atoms with E-state index in [1.165, 1.54) is 0 Å². The molecule has 9 heavy (non-hydrogen) atoms. The summed E-state index contributed by atoms with van der Waals surface area (Å²) >= 11 is 0. The molecule has 1 aliphatic heterocycles. The third-order valence-electron chi connectivity index (χ3n) is 1.31. The Morgan fingerprint density at radius 3 is 1.78 bits per heavy atom. The zero-order chi connectivity index (χ0) is 6.69. The first-order chi connectivity index (χ1) is 4.36. The molecule has 0 aromatic rings. The minimum absolute atomic E-state index is 0.338. The van der Waals surface area contributed by atoms with Gasteiger partial charge in [0.2, 0.25) is 0 Å². The fourth-order valence-electron chi connectivity index (χ4n) is 0.827. The molecule has 46 valence electrons. The molecule has 0 saturated carbocycles. The van der Waals surface area contributed by atoms with E-state index in [1.54, 1.807) is 0 Å². The highest BCUT2D eigenvalue weighted by Crippen LogP contribution is 2.17. The Kier molecular flexibility index (Phi) is 1.67. The highest BCUT2D eigenvalue weighted by Gasteiger charge is 2.23. The van der Waals surface area contributed by atoms with Crippen molar-refractivity contribution in [3.63, 3.8) is 0 Å². The number of nitriles is 2.